The molecular weight excluding hydrogens is 332 g/mol. The Kier molecular flexibility index (Phi) is 5.35. The smallest absolute Gasteiger partial charge is 0.253 e. The van der Waals surface area contributed by atoms with Gasteiger partial charge in [-0.3, -0.25) is 9.59 Å². The van der Waals surface area contributed by atoms with E-state index < -0.39 is 0 Å². The van der Waals surface area contributed by atoms with Crippen LogP contribution in [-0.2, 0) is 11.3 Å². The van der Waals surface area contributed by atoms with Crippen molar-refractivity contribution in [2.24, 2.45) is 5.92 Å². The second-order valence-electron chi connectivity index (χ2n) is 6.82. The van der Waals surface area contributed by atoms with Gasteiger partial charge in [0.25, 0.3) is 5.91 Å². The van der Waals surface area contributed by atoms with Crippen molar-refractivity contribution in [1.29, 1.82) is 0 Å². The highest BCUT2D eigenvalue weighted by atomic mass is 16.5. The Morgan fingerprint density at radius 1 is 1.19 bits per heavy atom. The number of aromatic nitrogens is 2. The Balaban J connectivity index is 1.50. The first kappa shape index (κ1) is 18.1. The van der Waals surface area contributed by atoms with Crippen LogP contribution in [0.4, 0.5) is 0 Å². The Hall–Kier alpha value is -2.70. The lowest BCUT2D eigenvalue weighted by Crippen LogP contribution is -2.43. The number of nitrogens with zero attached hydrogens (tertiary/aromatic N) is 3. The maximum atomic E-state index is 12.7. The van der Waals surface area contributed by atoms with E-state index in [0.717, 1.165) is 5.56 Å². The number of benzene rings is 1. The third-order valence-electron chi connectivity index (χ3n) is 4.89. The van der Waals surface area contributed by atoms with E-state index in [1.54, 1.807) is 6.92 Å². The number of piperidine rings is 1. The summed E-state index contributed by atoms with van der Waals surface area (Å²) < 4.78 is 4.99. The van der Waals surface area contributed by atoms with E-state index in [9.17, 15) is 9.59 Å². The Morgan fingerprint density at radius 3 is 2.54 bits per heavy atom. The van der Waals surface area contributed by atoms with Crippen LogP contribution in [0.15, 0.2) is 22.7 Å². The fourth-order valence-electron chi connectivity index (χ4n) is 3.12. The molecule has 0 saturated carbocycles. The molecule has 138 valence electrons. The van der Waals surface area contributed by atoms with Crippen LogP contribution in [0.3, 0.4) is 0 Å². The molecule has 0 unspecified atom stereocenters. The summed E-state index contributed by atoms with van der Waals surface area (Å²) in [6, 6.07) is 5.78. The number of carbonyl (C=O) groups excluding carboxylic acids is 2. The van der Waals surface area contributed by atoms with Gasteiger partial charge in [-0.1, -0.05) is 11.2 Å². The minimum Gasteiger partial charge on any atom is -0.347 e. The summed E-state index contributed by atoms with van der Waals surface area (Å²) in [6.45, 7) is 7.18. The summed E-state index contributed by atoms with van der Waals surface area (Å²) in [5.74, 6) is 0.862. The number of hydrogen-bond donors (Lipinski definition) is 1. The van der Waals surface area contributed by atoms with Crippen LogP contribution in [-0.4, -0.2) is 39.9 Å². The van der Waals surface area contributed by atoms with Gasteiger partial charge in [-0.25, -0.2) is 0 Å². The molecule has 7 heteroatoms. The van der Waals surface area contributed by atoms with Gasteiger partial charge in [0.05, 0.1) is 6.54 Å². The lowest BCUT2D eigenvalue weighted by Gasteiger charge is -2.31. The van der Waals surface area contributed by atoms with Crippen LogP contribution in [0.5, 0.6) is 0 Å². The van der Waals surface area contributed by atoms with Gasteiger partial charge in [0.1, 0.15) is 0 Å². The molecule has 1 aliphatic heterocycles. The first-order chi connectivity index (χ1) is 12.4. The first-order valence-corrected chi connectivity index (χ1v) is 8.87. The normalized spacial score (nSPS) is 15.1. The molecule has 1 saturated heterocycles. The summed E-state index contributed by atoms with van der Waals surface area (Å²) in [7, 11) is 0. The molecule has 1 N–H and O–H groups in total. The zero-order chi connectivity index (χ0) is 18.7. The molecule has 0 radical (unpaired) electrons. The number of aryl methyl sites for hydroxylation is 3. The standard InChI is InChI=1S/C19H24N4O3/c1-12-4-5-16(10-13(12)2)19(25)23-8-6-15(7-9-23)18(24)20-11-17-21-14(3)22-26-17/h4-5,10,15H,6-9,11H2,1-3H3,(H,20,24). The molecule has 2 aromatic rings. The molecule has 26 heavy (non-hydrogen) atoms. The third kappa shape index (κ3) is 4.09. The van der Waals surface area contributed by atoms with Crippen LogP contribution in [0.2, 0.25) is 0 Å². The highest BCUT2D eigenvalue weighted by molar-refractivity contribution is 5.94. The molecule has 1 aliphatic rings. The Morgan fingerprint density at radius 2 is 1.92 bits per heavy atom. The lowest BCUT2D eigenvalue weighted by atomic mass is 9.95. The van der Waals surface area contributed by atoms with Gasteiger partial charge in [-0.2, -0.15) is 4.98 Å². The van der Waals surface area contributed by atoms with Crippen LogP contribution < -0.4 is 5.32 Å². The van der Waals surface area contributed by atoms with Crippen molar-refractivity contribution in [3.05, 3.63) is 46.6 Å². The zero-order valence-electron chi connectivity index (χ0n) is 15.4. The molecule has 7 nitrogen and oxygen atoms in total. The molecule has 0 spiro atoms. The molecule has 2 amide bonds. The van der Waals surface area contributed by atoms with Gasteiger partial charge in [-0.15, -0.1) is 0 Å². The van der Waals surface area contributed by atoms with Gasteiger partial charge in [0.2, 0.25) is 11.8 Å². The molecule has 3 rings (SSSR count). The molecule has 0 aliphatic carbocycles. The number of hydrogen-bond acceptors (Lipinski definition) is 5. The van der Waals surface area contributed by atoms with Crippen molar-refractivity contribution in [3.8, 4) is 0 Å². The first-order valence-electron chi connectivity index (χ1n) is 8.87. The largest absolute Gasteiger partial charge is 0.347 e. The van der Waals surface area contributed by atoms with Crippen LogP contribution in [0.1, 0.15) is 46.0 Å². The van der Waals surface area contributed by atoms with Crippen molar-refractivity contribution >= 4 is 11.8 Å². The summed E-state index contributed by atoms with van der Waals surface area (Å²) >= 11 is 0. The van der Waals surface area contributed by atoms with Crippen molar-refractivity contribution in [2.75, 3.05) is 13.1 Å². The molecule has 0 bridgehead atoms. The Labute approximate surface area is 152 Å². The number of carbonyl (C=O) groups is 2. The summed E-state index contributed by atoms with van der Waals surface area (Å²) in [6.07, 6.45) is 1.32. The molecule has 1 fully saturated rings. The molecule has 2 heterocycles. The van der Waals surface area contributed by atoms with Gasteiger partial charge in [-0.05, 0) is 56.9 Å². The summed E-state index contributed by atoms with van der Waals surface area (Å²) in [5.41, 5.74) is 3.00. The predicted molar refractivity (Wildman–Crippen MR) is 95.4 cm³/mol. The second kappa shape index (κ2) is 7.68. The quantitative estimate of drug-likeness (QED) is 0.907. The molecule has 1 aromatic carbocycles. The van der Waals surface area contributed by atoms with E-state index in [1.165, 1.54) is 5.56 Å². The van der Waals surface area contributed by atoms with Crippen molar-refractivity contribution in [2.45, 2.75) is 40.2 Å². The van der Waals surface area contributed by atoms with Gasteiger partial charge < -0.3 is 14.7 Å². The maximum Gasteiger partial charge on any atom is 0.253 e. The van der Waals surface area contributed by atoms with Gasteiger partial charge in [0, 0.05) is 24.6 Å². The van der Waals surface area contributed by atoms with Crippen LogP contribution >= 0.6 is 0 Å². The van der Waals surface area contributed by atoms with E-state index >= 15 is 0 Å². The van der Waals surface area contributed by atoms with Crippen LogP contribution in [0, 0.1) is 26.7 Å². The predicted octanol–water partition coefficient (Wildman–Crippen LogP) is 2.16. The lowest BCUT2D eigenvalue weighted by molar-refractivity contribution is -0.126. The number of nitrogens with one attached hydrogen (secondary N) is 1. The molecular formula is C19H24N4O3. The Bertz CT molecular complexity index is 807. The van der Waals surface area contributed by atoms with E-state index in [-0.39, 0.29) is 24.3 Å². The fraction of sp³-hybridized carbons (Fsp3) is 0.474. The van der Waals surface area contributed by atoms with Gasteiger partial charge in [0.15, 0.2) is 5.82 Å². The SMILES string of the molecule is Cc1noc(CNC(=O)C2CCN(C(=O)c3ccc(C)c(C)c3)CC2)n1. The molecule has 0 atom stereocenters. The third-order valence-corrected chi connectivity index (χ3v) is 4.89. The van der Waals surface area contributed by atoms with Crippen molar-refractivity contribution < 1.29 is 14.1 Å². The van der Waals surface area contributed by atoms with E-state index in [0.29, 0.717) is 43.2 Å². The summed E-state index contributed by atoms with van der Waals surface area (Å²) in [5, 5.41) is 6.53. The minimum atomic E-state index is -0.0946. The highest BCUT2D eigenvalue weighted by Gasteiger charge is 2.28. The fourth-order valence-corrected chi connectivity index (χ4v) is 3.12. The van der Waals surface area contributed by atoms with E-state index in [2.05, 4.69) is 15.5 Å². The molecule has 1 aromatic heterocycles. The van der Waals surface area contributed by atoms with E-state index in [4.69, 9.17) is 4.52 Å². The number of rotatable bonds is 4. The monoisotopic (exact) mass is 356 g/mol. The minimum absolute atomic E-state index is 0.0286. The zero-order valence-corrected chi connectivity index (χ0v) is 15.4. The average Bonchev–Trinajstić information content (AvgIpc) is 3.07. The number of amides is 2. The van der Waals surface area contributed by atoms with E-state index in [1.807, 2.05) is 36.9 Å². The second-order valence-corrected chi connectivity index (χ2v) is 6.82. The van der Waals surface area contributed by atoms with Crippen LogP contribution in [0.25, 0.3) is 0 Å². The topological polar surface area (TPSA) is 88.3 Å². The average molecular weight is 356 g/mol. The number of likely N-dealkylation sites (tertiary alicyclic amines) is 1. The van der Waals surface area contributed by atoms with Crippen molar-refractivity contribution in [1.82, 2.24) is 20.4 Å². The van der Waals surface area contributed by atoms with Gasteiger partial charge >= 0.3 is 0 Å². The summed E-state index contributed by atoms with van der Waals surface area (Å²) in [4.78, 5) is 30.8. The highest BCUT2D eigenvalue weighted by Crippen LogP contribution is 2.20. The maximum absolute atomic E-state index is 12.7. The van der Waals surface area contributed by atoms with Crippen molar-refractivity contribution in [3.63, 3.8) is 0 Å².